The first-order valence-electron chi connectivity index (χ1n) is 14.2. The Morgan fingerprint density at radius 1 is 0.405 bits per heavy atom. The number of ether oxygens (including phenoxy) is 2. The molecule has 0 atom stereocenters. The van der Waals surface area contributed by atoms with E-state index in [0.717, 1.165) is 17.2 Å². The predicted octanol–water partition coefficient (Wildman–Crippen LogP) is 11.9. The Labute approximate surface area is 259 Å². The molecule has 0 unspecified atom stereocenters. The highest BCUT2D eigenvalue weighted by molar-refractivity contribution is 7.99. The van der Waals surface area contributed by atoms with Crippen molar-refractivity contribution in [2.75, 3.05) is 0 Å². The van der Waals surface area contributed by atoms with E-state index in [0.29, 0.717) is 0 Å². The molecule has 0 heterocycles. The van der Waals surface area contributed by atoms with E-state index >= 15 is 0 Å². The molecule has 0 aliphatic heterocycles. The maximum atomic E-state index is 6.03. The maximum absolute atomic E-state index is 6.03. The minimum atomic E-state index is -0.221. The largest absolute Gasteiger partial charge is 0.488 e. The Morgan fingerprint density at radius 3 is 1.12 bits per heavy atom. The summed E-state index contributed by atoms with van der Waals surface area (Å²) in [4.78, 5) is 4.87. The van der Waals surface area contributed by atoms with Crippen LogP contribution in [0, 0.1) is 0 Å². The van der Waals surface area contributed by atoms with Crippen LogP contribution in [0.1, 0.15) is 47.1 Å². The number of hydrogen-bond donors (Lipinski definition) is 0. The fourth-order valence-corrected chi connectivity index (χ4v) is 6.00. The van der Waals surface area contributed by atoms with Gasteiger partial charge < -0.3 is 9.47 Å². The first kappa shape index (κ1) is 29.9. The molecule has 5 aromatic carbocycles. The molecule has 5 rings (SSSR count). The molecule has 0 spiro atoms. The summed E-state index contributed by atoms with van der Waals surface area (Å²) in [5.41, 5.74) is 3.75. The van der Waals surface area contributed by atoms with Crippen molar-refractivity contribution in [3.8, 4) is 28.4 Å². The quantitative estimate of drug-likeness (QED) is 0.179. The van der Waals surface area contributed by atoms with Crippen LogP contribution in [0.4, 0.5) is 0 Å². The van der Waals surface area contributed by atoms with Crippen LogP contribution in [0.2, 0.25) is 0 Å². The molecule has 4 heteroatoms. The van der Waals surface area contributed by atoms with Gasteiger partial charge in [-0.1, -0.05) is 80.7 Å². The minimum Gasteiger partial charge on any atom is -0.488 e. The fraction of sp³-hybridized carbons (Fsp3) is 0.211. The van der Waals surface area contributed by atoms with Crippen LogP contribution in [0.3, 0.4) is 0 Å². The zero-order chi connectivity index (χ0) is 29.7. The molecule has 0 fully saturated rings. The minimum absolute atomic E-state index is 0.175. The summed E-state index contributed by atoms with van der Waals surface area (Å²) in [5, 5.41) is 0. The normalized spacial score (nSPS) is 11.8. The van der Waals surface area contributed by atoms with E-state index in [4.69, 9.17) is 9.47 Å². The van der Waals surface area contributed by atoms with Gasteiger partial charge in [-0.05, 0) is 128 Å². The van der Waals surface area contributed by atoms with E-state index in [-0.39, 0.29) is 11.0 Å². The lowest BCUT2D eigenvalue weighted by Gasteiger charge is -2.21. The van der Waals surface area contributed by atoms with Gasteiger partial charge in [-0.15, -0.1) is 0 Å². The van der Waals surface area contributed by atoms with E-state index in [1.54, 1.807) is 23.5 Å². The summed E-state index contributed by atoms with van der Waals surface area (Å²) in [6, 6.07) is 42.5. The molecule has 0 aliphatic rings. The average Bonchev–Trinajstić information content (AvgIpc) is 2.95. The van der Waals surface area contributed by atoms with E-state index < -0.39 is 0 Å². The summed E-state index contributed by atoms with van der Waals surface area (Å²) in [6.45, 7) is 12.9. The van der Waals surface area contributed by atoms with Crippen molar-refractivity contribution in [3.63, 3.8) is 0 Å². The Hall–Kier alpha value is -3.60. The van der Waals surface area contributed by atoms with Gasteiger partial charge in [-0.25, -0.2) is 0 Å². The summed E-state index contributed by atoms with van der Waals surface area (Å²) >= 11 is 3.54. The molecule has 0 amide bonds. The van der Waals surface area contributed by atoms with Gasteiger partial charge in [0.15, 0.2) is 0 Å². The van der Waals surface area contributed by atoms with Crippen molar-refractivity contribution in [2.45, 2.75) is 72.1 Å². The molecule has 0 aromatic heterocycles. The molecule has 0 saturated heterocycles. The van der Waals surface area contributed by atoms with Crippen LogP contribution in [-0.2, 0) is 5.41 Å². The lowest BCUT2D eigenvalue weighted by molar-refractivity contribution is 0.131. The van der Waals surface area contributed by atoms with Crippen LogP contribution in [-0.4, -0.2) is 5.60 Å². The van der Waals surface area contributed by atoms with Crippen LogP contribution in [0.5, 0.6) is 17.2 Å². The van der Waals surface area contributed by atoms with E-state index in [1.807, 2.05) is 57.2 Å². The van der Waals surface area contributed by atoms with Gasteiger partial charge in [-0.2, -0.15) is 0 Å². The van der Waals surface area contributed by atoms with Crippen molar-refractivity contribution in [1.29, 1.82) is 0 Å². The molecular weight excluding hydrogens is 553 g/mol. The van der Waals surface area contributed by atoms with Crippen LogP contribution in [0.25, 0.3) is 11.1 Å². The predicted molar refractivity (Wildman–Crippen MR) is 179 cm³/mol. The smallest absolute Gasteiger partial charge is 0.127 e. The maximum Gasteiger partial charge on any atom is 0.127 e. The van der Waals surface area contributed by atoms with Gasteiger partial charge >= 0.3 is 0 Å². The Morgan fingerprint density at radius 2 is 0.738 bits per heavy atom. The van der Waals surface area contributed by atoms with Crippen molar-refractivity contribution < 1.29 is 9.47 Å². The second kappa shape index (κ2) is 12.7. The SMILES string of the molecule is CC(C)(C)Oc1ccc(Oc2ccc(Sc3ccc(-c4ccc(Sc5ccc(C(C)(C)C)cc5)cc4)cc3)cc2)cc1. The Balaban J connectivity index is 1.15. The lowest BCUT2D eigenvalue weighted by atomic mass is 9.87. The number of hydrogen-bond acceptors (Lipinski definition) is 4. The molecule has 0 N–H and O–H groups in total. The van der Waals surface area contributed by atoms with Gasteiger partial charge in [0, 0.05) is 19.6 Å². The van der Waals surface area contributed by atoms with Crippen molar-refractivity contribution >= 4 is 23.5 Å². The van der Waals surface area contributed by atoms with Crippen LogP contribution < -0.4 is 9.47 Å². The van der Waals surface area contributed by atoms with Gasteiger partial charge in [0.05, 0.1) is 0 Å². The summed E-state index contributed by atoms with van der Waals surface area (Å²) < 4.78 is 11.9. The monoisotopic (exact) mass is 590 g/mol. The van der Waals surface area contributed by atoms with Crippen LogP contribution in [0.15, 0.2) is 141 Å². The standard InChI is InChI=1S/C38H38O2S2/c1-37(2,3)29-11-23-35(24-12-29)41-33-19-7-27(8-20-33)28-9-21-34(22-10-28)42-36-25-17-31(18-26-36)39-30-13-15-32(16-14-30)40-38(4,5)6/h7-26H,1-6H3. The third-order valence-corrected chi connectivity index (χ3v) is 8.57. The summed E-state index contributed by atoms with van der Waals surface area (Å²) in [6.07, 6.45) is 0. The molecule has 0 radical (unpaired) electrons. The second-order valence-corrected chi connectivity index (χ2v) is 14.6. The molecule has 2 nitrogen and oxygen atoms in total. The van der Waals surface area contributed by atoms with Crippen molar-refractivity contribution in [1.82, 2.24) is 0 Å². The van der Waals surface area contributed by atoms with E-state index in [9.17, 15) is 0 Å². The molecular formula is C38H38O2S2. The zero-order valence-electron chi connectivity index (χ0n) is 25.2. The summed E-state index contributed by atoms with van der Waals surface area (Å²) in [5.74, 6) is 2.43. The molecule has 0 bridgehead atoms. The van der Waals surface area contributed by atoms with E-state index in [1.165, 1.54) is 36.3 Å². The third-order valence-electron chi connectivity index (χ3n) is 6.54. The third kappa shape index (κ3) is 8.47. The highest BCUT2D eigenvalue weighted by atomic mass is 32.2. The topological polar surface area (TPSA) is 18.5 Å². The number of benzene rings is 5. The van der Waals surface area contributed by atoms with Gasteiger partial charge in [0.1, 0.15) is 22.8 Å². The van der Waals surface area contributed by atoms with Gasteiger partial charge in [-0.3, -0.25) is 0 Å². The molecule has 42 heavy (non-hydrogen) atoms. The fourth-order valence-electron chi connectivity index (χ4n) is 4.37. The van der Waals surface area contributed by atoms with Crippen molar-refractivity contribution in [2.24, 2.45) is 0 Å². The number of rotatable bonds is 8. The Kier molecular flexibility index (Phi) is 9.05. The molecule has 0 saturated carbocycles. The lowest BCUT2D eigenvalue weighted by Crippen LogP contribution is -2.22. The van der Waals surface area contributed by atoms with Crippen molar-refractivity contribution in [3.05, 3.63) is 127 Å². The first-order chi connectivity index (χ1) is 20.0. The second-order valence-electron chi connectivity index (χ2n) is 12.3. The van der Waals surface area contributed by atoms with Gasteiger partial charge in [0.25, 0.3) is 0 Å². The highest BCUT2D eigenvalue weighted by Crippen LogP contribution is 2.34. The first-order valence-corrected chi connectivity index (χ1v) is 15.9. The molecule has 5 aromatic rings. The Bertz CT molecular complexity index is 1570. The van der Waals surface area contributed by atoms with Crippen LogP contribution >= 0.6 is 23.5 Å². The van der Waals surface area contributed by atoms with E-state index in [2.05, 4.69) is 106 Å². The average molecular weight is 591 g/mol. The molecule has 214 valence electrons. The summed E-state index contributed by atoms with van der Waals surface area (Å²) in [7, 11) is 0. The zero-order valence-corrected chi connectivity index (χ0v) is 26.8. The van der Waals surface area contributed by atoms with Gasteiger partial charge in [0.2, 0.25) is 0 Å². The highest BCUT2D eigenvalue weighted by Gasteiger charge is 2.13. The molecule has 0 aliphatic carbocycles.